The van der Waals surface area contributed by atoms with Crippen molar-refractivity contribution >= 4 is 23.3 Å². The zero-order chi connectivity index (χ0) is 20.6. The average Bonchev–Trinajstić information content (AvgIpc) is 3.20. The molecule has 28 heavy (non-hydrogen) atoms. The van der Waals surface area contributed by atoms with E-state index in [-0.39, 0.29) is 11.6 Å². The molecular weight excluding hydrogens is 374 g/mol. The highest BCUT2D eigenvalue weighted by Gasteiger charge is 2.26. The molecule has 8 heteroatoms. The fraction of sp³-hybridized carbons (Fsp3) is 0.350. The summed E-state index contributed by atoms with van der Waals surface area (Å²) in [7, 11) is 0. The number of aromatic nitrogens is 5. The van der Waals surface area contributed by atoms with Crippen molar-refractivity contribution in [3.8, 4) is 5.69 Å². The summed E-state index contributed by atoms with van der Waals surface area (Å²) in [6.07, 6.45) is 0. The molecule has 1 aromatic carbocycles. The van der Waals surface area contributed by atoms with E-state index >= 15 is 0 Å². The SMILES string of the molecule is CC(=O)c1c(C)[nH]c(C(=O)[C@@H](C)Sc2nnnn2-c2ccc(C)c(C)c2)c1C. The molecule has 2 heterocycles. The van der Waals surface area contributed by atoms with E-state index in [0.717, 1.165) is 11.3 Å². The first-order valence-corrected chi connectivity index (χ1v) is 9.85. The zero-order valence-corrected chi connectivity index (χ0v) is 17.6. The number of nitrogens with one attached hydrogen (secondary N) is 1. The van der Waals surface area contributed by atoms with Gasteiger partial charge >= 0.3 is 0 Å². The van der Waals surface area contributed by atoms with Gasteiger partial charge in [0.15, 0.2) is 11.6 Å². The van der Waals surface area contributed by atoms with Crippen molar-refractivity contribution in [2.75, 3.05) is 0 Å². The minimum atomic E-state index is -0.423. The molecule has 0 saturated heterocycles. The van der Waals surface area contributed by atoms with Crippen LogP contribution in [0.5, 0.6) is 0 Å². The standard InChI is InChI=1S/C20H23N5O2S/c1-10-7-8-16(9-11(10)2)25-20(22-23-24-25)28-15(6)19(27)18-12(3)17(14(5)26)13(4)21-18/h7-9,15,21H,1-6H3/t15-/m1/s1. The van der Waals surface area contributed by atoms with Gasteiger partial charge in [-0.1, -0.05) is 17.8 Å². The van der Waals surface area contributed by atoms with Crippen molar-refractivity contribution in [3.05, 3.63) is 51.8 Å². The molecular formula is C20H23N5O2S. The first-order chi connectivity index (χ1) is 13.2. The number of nitrogens with zero attached hydrogens (tertiary/aromatic N) is 4. The molecule has 2 aromatic heterocycles. The molecule has 3 aromatic rings. The number of ketones is 2. The summed E-state index contributed by atoms with van der Waals surface area (Å²) < 4.78 is 1.63. The maximum absolute atomic E-state index is 13.0. The second kappa shape index (κ2) is 7.71. The van der Waals surface area contributed by atoms with Crippen LogP contribution in [0, 0.1) is 27.7 Å². The van der Waals surface area contributed by atoms with Crippen LogP contribution < -0.4 is 0 Å². The van der Waals surface area contributed by atoms with Crippen LogP contribution in [0.2, 0.25) is 0 Å². The molecule has 0 spiro atoms. The number of carbonyl (C=O) groups is 2. The summed E-state index contributed by atoms with van der Waals surface area (Å²) >= 11 is 1.29. The molecule has 7 nitrogen and oxygen atoms in total. The Morgan fingerprint density at radius 2 is 1.86 bits per heavy atom. The van der Waals surface area contributed by atoms with Gasteiger partial charge in [0.25, 0.3) is 0 Å². The van der Waals surface area contributed by atoms with Gasteiger partial charge in [0, 0.05) is 11.3 Å². The third-order valence-corrected chi connectivity index (χ3v) is 5.90. The van der Waals surface area contributed by atoms with Crippen LogP contribution in [-0.4, -0.2) is 42.0 Å². The number of hydrogen-bond acceptors (Lipinski definition) is 6. The maximum atomic E-state index is 13.0. The van der Waals surface area contributed by atoms with E-state index in [1.54, 1.807) is 18.5 Å². The van der Waals surface area contributed by atoms with Crippen molar-refractivity contribution in [2.24, 2.45) is 0 Å². The Balaban J connectivity index is 1.87. The fourth-order valence-corrected chi connectivity index (χ4v) is 4.08. The van der Waals surface area contributed by atoms with Gasteiger partial charge in [-0.05, 0) is 80.8 Å². The van der Waals surface area contributed by atoms with Crippen LogP contribution in [0.15, 0.2) is 23.4 Å². The monoisotopic (exact) mass is 397 g/mol. The van der Waals surface area contributed by atoms with Gasteiger partial charge in [0.2, 0.25) is 5.16 Å². The largest absolute Gasteiger partial charge is 0.355 e. The highest BCUT2D eigenvalue weighted by Crippen LogP contribution is 2.28. The molecule has 0 aliphatic carbocycles. The van der Waals surface area contributed by atoms with Gasteiger partial charge in [-0.2, -0.15) is 4.68 Å². The lowest BCUT2D eigenvalue weighted by molar-refractivity contribution is 0.0988. The second-order valence-corrected chi connectivity index (χ2v) is 8.26. The number of aryl methyl sites for hydroxylation is 3. The summed E-state index contributed by atoms with van der Waals surface area (Å²) in [4.78, 5) is 27.9. The van der Waals surface area contributed by atoms with Gasteiger partial charge in [0.1, 0.15) is 0 Å². The first kappa shape index (κ1) is 20.0. The van der Waals surface area contributed by atoms with Crippen molar-refractivity contribution in [1.29, 1.82) is 0 Å². The number of carbonyl (C=O) groups excluding carboxylic acids is 2. The van der Waals surface area contributed by atoms with Crippen LogP contribution in [0.3, 0.4) is 0 Å². The molecule has 1 N–H and O–H groups in total. The molecule has 0 amide bonds. The van der Waals surface area contributed by atoms with E-state index in [2.05, 4.69) is 20.5 Å². The third kappa shape index (κ3) is 3.64. The highest BCUT2D eigenvalue weighted by molar-refractivity contribution is 8.00. The van der Waals surface area contributed by atoms with E-state index in [4.69, 9.17) is 0 Å². The van der Waals surface area contributed by atoms with Crippen molar-refractivity contribution in [1.82, 2.24) is 25.2 Å². The lowest BCUT2D eigenvalue weighted by Crippen LogP contribution is -2.16. The molecule has 0 aliphatic rings. The third-order valence-electron chi connectivity index (χ3n) is 4.86. The summed E-state index contributed by atoms with van der Waals surface area (Å²) in [5.74, 6) is -0.142. The maximum Gasteiger partial charge on any atom is 0.214 e. The van der Waals surface area contributed by atoms with Gasteiger partial charge < -0.3 is 4.98 Å². The Bertz CT molecular complexity index is 1070. The smallest absolute Gasteiger partial charge is 0.214 e. The topological polar surface area (TPSA) is 93.5 Å². The van der Waals surface area contributed by atoms with Crippen LogP contribution in [-0.2, 0) is 0 Å². The normalized spacial score (nSPS) is 12.2. The van der Waals surface area contributed by atoms with Gasteiger partial charge in [-0.25, -0.2) is 0 Å². The van der Waals surface area contributed by atoms with Gasteiger partial charge in [-0.3, -0.25) is 9.59 Å². The molecule has 0 saturated carbocycles. The Kier molecular flexibility index (Phi) is 5.51. The number of H-pyrrole nitrogens is 1. The van der Waals surface area contributed by atoms with Crippen LogP contribution in [0.25, 0.3) is 5.69 Å². The summed E-state index contributed by atoms with van der Waals surface area (Å²) in [5.41, 5.74) is 5.63. The molecule has 146 valence electrons. The molecule has 1 atom stereocenters. The summed E-state index contributed by atoms with van der Waals surface area (Å²) in [5, 5.41) is 12.0. The van der Waals surface area contributed by atoms with Crippen LogP contribution in [0.1, 0.15) is 57.1 Å². The van der Waals surface area contributed by atoms with Crippen molar-refractivity contribution in [3.63, 3.8) is 0 Å². The Morgan fingerprint density at radius 3 is 2.46 bits per heavy atom. The van der Waals surface area contributed by atoms with Gasteiger partial charge in [-0.15, -0.1) is 5.10 Å². The van der Waals surface area contributed by atoms with E-state index in [9.17, 15) is 9.59 Å². The van der Waals surface area contributed by atoms with E-state index < -0.39 is 5.25 Å². The molecule has 0 bridgehead atoms. The number of benzene rings is 1. The lowest BCUT2D eigenvalue weighted by Gasteiger charge is -2.11. The van der Waals surface area contributed by atoms with E-state index in [1.807, 2.05) is 39.0 Å². The molecule has 0 aliphatic heterocycles. The summed E-state index contributed by atoms with van der Waals surface area (Å²) in [6.45, 7) is 11.0. The van der Waals surface area contributed by atoms with Crippen molar-refractivity contribution in [2.45, 2.75) is 51.9 Å². The van der Waals surface area contributed by atoms with E-state index in [0.29, 0.717) is 27.7 Å². The fourth-order valence-electron chi connectivity index (χ4n) is 3.21. The molecule has 0 unspecified atom stereocenters. The number of rotatable bonds is 6. The predicted molar refractivity (Wildman–Crippen MR) is 109 cm³/mol. The number of aromatic amines is 1. The minimum absolute atomic E-state index is 0.0516. The number of tetrazole rings is 1. The lowest BCUT2D eigenvalue weighted by atomic mass is 10.0. The van der Waals surface area contributed by atoms with Crippen LogP contribution in [0.4, 0.5) is 0 Å². The van der Waals surface area contributed by atoms with Crippen molar-refractivity contribution < 1.29 is 9.59 Å². The predicted octanol–water partition coefficient (Wildman–Crippen LogP) is 3.79. The average molecular weight is 398 g/mol. The Morgan fingerprint density at radius 1 is 1.14 bits per heavy atom. The zero-order valence-electron chi connectivity index (χ0n) is 16.8. The Hall–Kier alpha value is -2.74. The van der Waals surface area contributed by atoms with Gasteiger partial charge in [0.05, 0.1) is 16.6 Å². The molecule has 3 rings (SSSR count). The summed E-state index contributed by atoms with van der Waals surface area (Å²) in [6, 6.07) is 5.98. The number of hydrogen-bond donors (Lipinski definition) is 1. The second-order valence-electron chi connectivity index (χ2n) is 6.95. The minimum Gasteiger partial charge on any atom is -0.355 e. The highest BCUT2D eigenvalue weighted by atomic mass is 32.2. The molecule has 0 fully saturated rings. The number of thioether (sulfide) groups is 1. The molecule has 0 radical (unpaired) electrons. The van der Waals surface area contributed by atoms with Crippen LogP contribution >= 0.6 is 11.8 Å². The first-order valence-electron chi connectivity index (χ1n) is 8.97. The quantitative estimate of drug-likeness (QED) is 0.502. The number of Topliss-reactive ketones (excluding diaryl/α,β-unsaturated/α-hetero) is 2. The van der Waals surface area contributed by atoms with E-state index in [1.165, 1.54) is 24.2 Å². The Labute approximate surface area is 167 Å².